The van der Waals surface area contributed by atoms with Crippen molar-refractivity contribution in [2.24, 2.45) is 0 Å². The Labute approximate surface area is 157 Å². The quantitative estimate of drug-likeness (QED) is 0.506. The van der Waals surface area contributed by atoms with Crippen LogP contribution in [-0.4, -0.2) is 51.4 Å². The predicted molar refractivity (Wildman–Crippen MR) is 104 cm³/mol. The van der Waals surface area contributed by atoms with Gasteiger partial charge in [-0.3, -0.25) is 0 Å². The summed E-state index contributed by atoms with van der Waals surface area (Å²) in [6, 6.07) is 8.13. The second-order valence-corrected chi connectivity index (χ2v) is 6.77. The fourth-order valence-electron chi connectivity index (χ4n) is 3.21. The van der Waals surface area contributed by atoms with Crippen LogP contribution in [0.15, 0.2) is 24.3 Å². The molecule has 1 aliphatic rings. The van der Waals surface area contributed by atoms with Crippen LogP contribution in [0.25, 0.3) is 11.0 Å². The minimum absolute atomic E-state index is 0.0291. The molecule has 0 radical (unpaired) electrons. The van der Waals surface area contributed by atoms with E-state index in [2.05, 4.69) is 49.6 Å². The fourth-order valence-corrected chi connectivity index (χ4v) is 3.21. The summed E-state index contributed by atoms with van der Waals surface area (Å²) < 4.78 is 5.49. The molecule has 1 aromatic carbocycles. The van der Waals surface area contributed by atoms with E-state index in [9.17, 15) is 0 Å². The standard InChI is InChI=1S/C19H24N6O2/c1-12-2-3-14-16(8-12)23-18(22-14)10-21-17-9-15(13-4-7-27-11-13)24-19(25-17)20-5-6-26/h2-3,8-9,13,26H,4-7,10-11H2,1H3,(H,22,23)(H2,20,21,24,25)/t13-/m1/s1. The van der Waals surface area contributed by atoms with Gasteiger partial charge >= 0.3 is 0 Å². The van der Waals surface area contributed by atoms with Crippen molar-refractivity contribution in [2.75, 3.05) is 37.0 Å². The number of benzene rings is 1. The van der Waals surface area contributed by atoms with Gasteiger partial charge in [-0.1, -0.05) is 6.07 Å². The van der Waals surface area contributed by atoms with Gasteiger partial charge in [0.15, 0.2) is 0 Å². The van der Waals surface area contributed by atoms with Gasteiger partial charge in [0, 0.05) is 25.1 Å². The SMILES string of the molecule is Cc1ccc2nc(CNc3cc([C@@H]4CCOC4)nc(NCCO)n3)[nH]c2c1. The number of imidazole rings is 1. The second-order valence-electron chi connectivity index (χ2n) is 6.77. The molecule has 3 aromatic rings. The molecule has 2 aromatic heterocycles. The van der Waals surface area contributed by atoms with E-state index in [1.807, 2.05) is 12.1 Å². The van der Waals surface area contributed by atoms with E-state index >= 15 is 0 Å². The van der Waals surface area contributed by atoms with Crippen molar-refractivity contribution in [3.05, 3.63) is 41.3 Å². The van der Waals surface area contributed by atoms with Gasteiger partial charge in [-0.2, -0.15) is 4.98 Å². The number of aliphatic hydroxyl groups excluding tert-OH is 1. The number of H-pyrrole nitrogens is 1. The van der Waals surface area contributed by atoms with E-state index in [1.54, 1.807) is 0 Å². The molecular weight excluding hydrogens is 344 g/mol. The summed E-state index contributed by atoms with van der Waals surface area (Å²) >= 11 is 0. The molecule has 4 rings (SSSR count). The third kappa shape index (κ3) is 4.17. The third-order valence-electron chi connectivity index (χ3n) is 4.61. The van der Waals surface area contributed by atoms with E-state index in [-0.39, 0.29) is 12.5 Å². The van der Waals surface area contributed by atoms with Gasteiger partial charge in [-0.25, -0.2) is 9.97 Å². The van der Waals surface area contributed by atoms with E-state index < -0.39 is 0 Å². The Hall–Kier alpha value is -2.71. The molecule has 0 amide bonds. The molecule has 0 saturated carbocycles. The normalized spacial score (nSPS) is 16.7. The number of anilines is 2. The highest BCUT2D eigenvalue weighted by Crippen LogP contribution is 2.26. The Balaban J connectivity index is 1.52. The van der Waals surface area contributed by atoms with Gasteiger partial charge in [-0.15, -0.1) is 0 Å². The average molecular weight is 368 g/mol. The van der Waals surface area contributed by atoms with Gasteiger partial charge in [0.1, 0.15) is 11.6 Å². The molecular formula is C19H24N6O2. The zero-order valence-electron chi connectivity index (χ0n) is 15.3. The van der Waals surface area contributed by atoms with Crippen molar-refractivity contribution in [1.29, 1.82) is 0 Å². The zero-order valence-corrected chi connectivity index (χ0v) is 15.3. The Morgan fingerprint density at radius 1 is 1.22 bits per heavy atom. The predicted octanol–water partition coefficient (Wildman–Crippen LogP) is 2.18. The molecule has 1 aliphatic heterocycles. The lowest BCUT2D eigenvalue weighted by Crippen LogP contribution is -2.13. The van der Waals surface area contributed by atoms with Crippen LogP contribution in [0.5, 0.6) is 0 Å². The highest BCUT2D eigenvalue weighted by molar-refractivity contribution is 5.75. The topological polar surface area (TPSA) is 108 Å². The number of aromatic nitrogens is 4. The van der Waals surface area contributed by atoms with Gasteiger partial charge in [0.2, 0.25) is 5.95 Å². The second kappa shape index (κ2) is 7.89. The first-order valence-electron chi connectivity index (χ1n) is 9.22. The molecule has 1 fully saturated rings. The molecule has 0 spiro atoms. The average Bonchev–Trinajstić information content (AvgIpc) is 3.34. The van der Waals surface area contributed by atoms with Crippen molar-refractivity contribution in [2.45, 2.75) is 25.8 Å². The lowest BCUT2D eigenvalue weighted by atomic mass is 10.0. The summed E-state index contributed by atoms with van der Waals surface area (Å²) in [5.74, 6) is 2.36. The summed E-state index contributed by atoms with van der Waals surface area (Å²) in [7, 11) is 0. The van der Waals surface area contributed by atoms with Crippen LogP contribution in [0, 0.1) is 6.92 Å². The molecule has 8 nitrogen and oxygen atoms in total. The number of ether oxygens (including phenoxy) is 1. The van der Waals surface area contributed by atoms with Gasteiger partial charge < -0.3 is 25.5 Å². The molecule has 1 atom stereocenters. The number of aliphatic hydroxyl groups is 1. The maximum Gasteiger partial charge on any atom is 0.224 e. The fraction of sp³-hybridized carbons (Fsp3) is 0.421. The molecule has 142 valence electrons. The molecule has 27 heavy (non-hydrogen) atoms. The smallest absolute Gasteiger partial charge is 0.224 e. The first-order chi connectivity index (χ1) is 13.2. The summed E-state index contributed by atoms with van der Waals surface area (Å²) in [5, 5.41) is 15.4. The first-order valence-corrected chi connectivity index (χ1v) is 9.22. The Kier molecular flexibility index (Phi) is 5.17. The number of nitrogens with one attached hydrogen (secondary N) is 3. The third-order valence-corrected chi connectivity index (χ3v) is 4.61. The van der Waals surface area contributed by atoms with Crippen LogP contribution in [0.3, 0.4) is 0 Å². The molecule has 0 bridgehead atoms. The van der Waals surface area contributed by atoms with Crippen molar-refractivity contribution < 1.29 is 9.84 Å². The lowest BCUT2D eigenvalue weighted by Gasteiger charge is -2.13. The highest BCUT2D eigenvalue weighted by Gasteiger charge is 2.20. The van der Waals surface area contributed by atoms with E-state index in [4.69, 9.17) is 9.84 Å². The van der Waals surface area contributed by atoms with E-state index in [0.717, 1.165) is 41.4 Å². The molecule has 8 heteroatoms. The maximum absolute atomic E-state index is 9.05. The minimum atomic E-state index is 0.0291. The highest BCUT2D eigenvalue weighted by atomic mass is 16.5. The van der Waals surface area contributed by atoms with E-state index in [1.165, 1.54) is 5.56 Å². The summed E-state index contributed by atoms with van der Waals surface area (Å²) in [6.07, 6.45) is 0.957. The first kappa shape index (κ1) is 17.7. The van der Waals surface area contributed by atoms with Crippen molar-refractivity contribution in [3.63, 3.8) is 0 Å². The number of fused-ring (bicyclic) bond motifs is 1. The summed E-state index contributed by atoms with van der Waals surface area (Å²) in [4.78, 5) is 17.0. The van der Waals surface area contributed by atoms with Crippen LogP contribution < -0.4 is 10.6 Å². The number of rotatable bonds is 7. The van der Waals surface area contributed by atoms with Gasteiger partial charge in [-0.05, 0) is 31.0 Å². The molecule has 3 heterocycles. The van der Waals surface area contributed by atoms with Gasteiger partial charge in [0.05, 0.1) is 36.5 Å². The maximum atomic E-state index is 9.05. The van der Waals surface area contributed by atoms with Crippen molar-refractivity contribution >= 4 is 22.8 Å². The van der Waals surface area contributed by atoms with Gasteiger partial charge in [0.25, 0.3) is 0 Å². The number of hydrogen-bond acceptors (Lipinski definition) is 7. The molecule has 0 aliphatic carbocycles. The Morgan fingerprint density at radius 3 is 2.96 bits per heavy atom. The molecule has 4 N–H and O–H groups in total. The number of aryl methyl sites for hydroxylation is 1. The van der Waals surface area contributed by atoms with Crippen molar-refractivity contribution in [1.82, 2.24) is 19.9 Å². The number of nitrogens with zero attached hydrogens (tertiary/aromatic N) is 3. The van der Waals surface area contributed by atoms with Crippen LogP contribution >= 0.6 is 0 Å². The summed E-state index contributed by atoms with van der Waals surface area (Å²) in [6.45, 7) is 4.47. The molecule has 0 unspecified atom stereocenters. The lowest BCUT2D eigenvalue weighted by molar-refractivity contribution is 0.193. The Bertz CT molecular complexity index is 920. The van der Waals surface area contributed by atoms with Crippen LogP contribution in [0.4, 0.5) is 11.8 Å². The Morgan fingerprint density at radius 2 is 2.15 bits per heavy atom. The van der Waals surface area contributed by atoms with Crippen LogP contribution in [-0.2, 0) is 11.3 Å². The molecule has 1 saturated heterocycles. The monoisotopic (exact) mass is 368 g/mol. The number of aromatic amines is 1. The largest absolute Gasteiger partial charge is 0.395 e. The minimum Gasteiger partial charge on any atom is -0.395 e. The van der Waals surface area contributed by atoms with Crippen LogP contribution in [0.2, 0.25) is 0 Å². The number of hydrogen-bond donors (Lipinski definition) is 4. The van der Waals surface area contributed by atoms with Crippen LogP contribution in [0.1, 0.15) is 29.4 Å². The summed E-state index contributed by atoms with van der Waals surface area (Å²) in [5.41, 5.74) is 4.13. The zero-order chi connectivity index (χ0) is 18.6. The van der Waals surface area contributed by atoms with E-state index in [0.29, 0.717) is 25.6 Å². The van der Waals surface area contributed by atoms with Crippen molar-refractivity contribution in [3.8, 4) is 0 Å².